The highest BCUT2D eigenvalue weighted by Crippen LogP contribution is 2.35. The standard InChI is InChI=1S/C16H17N3O/c1-10-12-6-7-17-9-13(12)19-16(18-10)15-8-11-4-2-3-5-14(11)20-15/h2-5,15,17H,6-9H2,1H3. The summed E-state index contributed by atoms with van der Waals surface area (Å²) in [5.41, 5.74) is 4.79. The Morgan fingerprint density at radius 3 is 3.05 bits per heavy atom. The Morgan fingerprint density at radius 2 is 2.15 bits per heavy atom. The molecule has 0 saturated heterocycles. The van der Waals surface area contributed by atoms with Crippen molar-refractivity contribution in [3.8, 4) is 5.75 Å². The maximum absolute atomic E-state index is 5.99. The number of fused-ring (bicyclic) bond motifs is 2. The summed E-state index contributed by atoms with van der Waals surface area (Å²) in [6.07, 6.45) is 1.84. The highest BCUT2D eigenvalue weighted by molar-refractivity contribution is 5.38. The van der Waals surface area contributed by atoms with Gasteiger partial charge >= 0.3 is 0 Å². The predicted molar refractivity (Wildman–Crippen MR) is 75.7 cm³/mol. The molecule has 4 heteroatoms. The van der Waals surface area contributed by atoms with Crippen LogP contribution in [0.5, 0.6) is 5.75 Å². The van der Waals surface area contributed by atoms with Crippen molar-refractivity contribution < 1.29 is 4.74 Å². The average Bonchev–Trinajstić information content (AvgIpc) is 2.91. The van der Waals surface area contributed by atoms with Crippen LogP contribution in [0, 0.1) is 6.92 Å². The van der Waals surface area contributed by atoms with Gasteiger partial charge in [-0.25, -0.2) is 9.97 Å². The Labute approximate surface area is 118 Å². The maximum Gasteiger partial charge on any atom is 0.170 e. The number of hydrogen-bond acceptors (Lipinski definition) is 4. The monoisotopic (exact) mass is 267 g/mol. The van der Waals surface area contributed by atoms with Crippen molar-refractivity contribution in [3.05, 3.63) is 52.6 Å². The van der Waals surface area contributed by atoms with E-state index in [-0.39, 0.29) is 6.10 Å². The van der Waals surface area contributed by atoms with Crippen LogP contribution in [0.4, 0.5) is 0 Å². The molecule has 2 aliphatic heterocycles. The van der Waals surface area contributed by atoms with Crippen LogP contribution in [0.2, 0.25) is 0 Å². The molecule has 1 N–H and O–H groups in total. The summed E-state index contributed by atoms with van der Waals surface area (Å²) in [6, 6.07) is 8.18. The Kier molecular flexibility index (Phi) is 2.70. The quantitative estimate of drug-likeness (QED) is 0.859. The molecule has 0 fully saturated rings. The molecule has 0 bridgehead atoms. The van der Waals surface area contributed by atoms with Crippen molar-refractivity contribution in [2.45, 2.75) is 32.4 Å². The summed E-state index contributed by atoms with van der Waals surface area (Å²) in [5.74, 6) is 1.79. The molecule has 0 radical (unpaired) electrons. The van der Waals surface area contributed by atoms with Crippen LogP contribution in [0.1, 0.15) is 34.4 Å². The molecule has 0 saturated carbocycles. The molecule has 0 amide bonds. The van der Waals surface area contributed by atoms with Crippen molar-refractivity contribution in [2.75, 3.05) is 6.54 Å². The fraction of sp³-hybridized carbons (Fsp3) is 0.375. The molecule has 2 aromatic rings. The molecular formula is C16H17N3O. The van der Waals surface area contributed by atoms with E-state index in [1.807, 2.05) is 18.2 Å². The zero-order valence-electron chi connectivity index (χ0n) is 11.5. The largest absolute Gasteiger partial charge is 0.482 e. The molecule has 102 valence electrons. The molecule has 20 heavy (non-hydrogen) atoms. The topological polar surface area (TPSA) is 47.0 Å². The van der Waals surface area contributed by atoms with Gasteiger partial charge < -0.3 is 10.1 Å². The van der Waals surface area contributed by atoms with Gasteiger partial charge in [0.1, 0.15) is 5.75 Å². The molecule has 4 rings (SSSR count). The van der Waals surface area contributed by atoms with Crippen LogP contribution in [-0.4, -0.2) is 16.5 Å². The van der Waals surface area contributed by atoms with Crippen molar-refractivity contribution in [2.24, 2.45) is 0 Å². The zero-order valence-corrected chi connectivity index (χ0v) is 11.5. The molecule has 4 nitrogen and oxygen atoms in total. The van der Waals surface area contributed by atoms with Crippen LogP contribution in [0.25, 0.3) is 0 Å². The summed E-state index contributed by atoms with van der Waals surface area (Å²) < 4.78 is 5.99. The van der Waals surface area contributed by atoms with E-state index in [9.17, 15) is 0 Å². The van der Waals surface area contributed by atoms with Gasteiger partial charge in [0.25, 0.3) is 0 Å². The first-order valence-electron chi connectivity index (χ1n) is 7.13. The van der Waals surface area contributed by atoms with Gasteiger partial charge in [-0.2, -0.15) is 0 Å². The average molecular weight is 267 g/mol. The second kappa shape index (κ2) is 4.56. The number of nitrogens with one attached hydrogen (secondary N) is 1. The van der Waals surface area contributed by atoms with E-state index in [0.29, 0.717) is 0 Å². The fourth-order valence-electron chi connectivity index (χ4n) is 3.04. The number of nitrogens with zero attached hydrogens (tertiary/aromatic N) is 2. The third kappa shape index (κ3) is 1.88. The number of benzene rings is 1. The third-order valence-corrected chi connectivity index (χ3v) is 4.10. The smallest absolute Gasteiger partial charge is 0.170 e. The third-order valence-electron chi connectivity index (χ3n) is 4.10. The maximum atomic E-state index is 5.99. The van der Waals surface area contributed by atoms with Gasteiger partial charge in [0.2, 0.25) is 0 Å². The molecular weight excluding hydrogens is 250 g/mol. The van der Waals surface area contributed by atoms with E-state index < -0.39 is 0 Å². The lowest BCUT2D eigenvalue weighted by molar-refractivity contribution is 0.226. The van der Waals surface area contributed by atoms with Gasteiger partial charge in [-0.3, -0.25) is 0 Å². The molecule has 1 aromatic heterocycles. The number of rotatable bonds is 1. The van der Waals surface area contributed by atoms with Crippen molar-refractivity contribution in [1.29, 1.82) is 0 Å². The van der Waals surface area contributed by atoms with E-state index in [1.54, 1.807) is 0 Å². The molecule has 1 unspecified atom stereocenters. The fourth-order valence-corrected chi connectivity index (χ4v) is 3.04. The second-order valence-electron chi connectivity index (χ2n) is 5.44. The summed E-state index contributed by atoms with van der Waals surface area (Å²) in [7, 11) is 0. The first kappa shape index (κ1) is 11.9. The molecule has 2 aliphatic rings. The Hall–Kier alpha value is -1.94. The molecule has 0 aliphatic carbocycles. The lowest BCUT2D eigenvalue weighted by Crippen LogP contribution is -2.27. The van der Waals surface area contributed by atoms with E-state index in [2.05, 4.69) is 23.3 Å². The summed E-state index contributed by atoms with van der Waals surface area (Å²) in [6.45, 7) is 3.94. The molecule has 3 heterocycles. The van der Waals surface area contributed by atoms with Gasteiger partial charge in [0.05, 0.1) is 5.69 Å². The molecule has 1 atom stereocenters. The van der Waals surface area contributed by atoms with E-state index in [1.165, 1.54) is 11.1 Å². The van der Waals surface area contributed by atoms with E-state index in [4.69, 9.17) is 9.72 Å². The second-order valence-corrected chi connectivity index (χ2v) is 5.44. The number of hydrogen-bond donors (Lipinski definition) is 1. The summed E-state index contributed by atoms with van der Waals surface area (Å²) >= 11 is 0. The van der Waals surface area contributed by atoms with Crippen LogP contribution >= 0.6 is 0 Å². The lowest BCUT2D eigenvalue weighted by atomic mass is 10.0. The first-order chi connectivity index (χ1) is 9.81. The van der Waals surface area contributed by atoms with Crippen LogP contribution < -0.4 is 10.1 Å². The van der Waals surface area contributed by atoms with Crippen LogP contribution in [0.15, 0.2) is 24.3 Å². The number of ether oxygens (including phenoxy) is 1. The number of aromatic nitrogens is 2. The minimum atomic E-state index is -0.0432. The Bertz CT molecular complexity index is 644. The lowest BCUT2D eigenvalue weighted by Gasteiger charge is -2.20. The molecule has 1 aromatic carbocycles. The highest BCUT2D eigenvalue weighted by atomic mass is 16.5. The zero-order chi connectivity index (χ0) is 13.5. The summed E-state index contributed by atoms with van der Waals surface area (Å²) in [5, 5.41) is 3.37. The number of aryl methyl sites for hydroxylation is 1. The number of para-hydroxylation sites is 1. The normalized spacial score (nSPS) is 20.1. The van der Waals surface area contributed by atoms with Gasteiger partial charge in [0.15, 0.2) is 11.9 Å². The van der Waals surface area contributed by atoms with Gasteiger partial charge in [0, 0.05) is 18.7 Å². The first-order valence-corrected chi connectivity index (χ1v) is 7.13. The Balaban J connectivity index is 1.69. The highest BCUT2D eigenvalue weighted by Gasteiger charge is 2.28. The van der Waals surface area contributed by atoms with Crippen LogP contribution in [-0.2, 0) is 19.4 Å². The predicted octanol–water partition coefficient (Wildman–Crippen LogP) is 2.11. The van der Waals surface area contributed by atoms with Crippen molar-refractivity contribution in [1.82, 2.24) is 15.3 Å². The minimum absolute atomic E-state index is 0.0432. The van der Waals surface area contributed by atoms with Crippen LogP contribution in [0.3, 0.4) is 0 Å². The van der Waals surface area contributed by atoms with Crippen molar-refractivity contribution in [3.63, 3.8) is 0 Å². The Morgan fingerprint density at radius 1 is 1.25 bits per heavy atom. The van der Waals surface area contributed by atoms with Gasteiger partial charge in [-0.05, 0) is 37.1 Å². The van der Waals surface area contributed by atoms with E-state index in [0.717, 1.165) is 48.9 Å². The van der Waals surface area contributed by atoms with Gasteiger partial charge in [-0.15, -0.1) is 0 Å². The minimum Gasteiger partial charge on any atom is -0.482 e. The molecule has 0 spiro atoms. The van der Waals surface area contributed by atoms with Crippen molar-refractivity contribution >= 4 is 0 Å². The van der Waals surface area contributed by atoms with Gasteiger partial charge in [-0.1, -0.05) is 18.2 Å². The van der Waals surface area contributed by atoms with E-state index >= 15 is 0 Å². The SMILES string of the molecule is Cc1nc(C2Cc3ccccc3O2)nc2c1CCNC2. The summed E-state index contributed by atoms with van der Waals surface area (Å²) in [4.78, 5) is 9.43.